The van der Waals surface area contributed by atoms with E-state index in [2.05, 4.69) is 37.2 Å². The van der Waals surface area contributed by atoms with Gasteiger partial charge in [-0.25, -0.2) is 4.98 Å². The van der Waals surface area contributed by atoms with Crippen molar-refractivity contribution >= 4 is 6.08 Å². The van der Waals surface area contributed by atoms with Gasteiger partial charge in [0.15, 0.2) is 0 Å². The maximum absolute atomic E-state index is 9.23. The van der Waals surface area contributed by atoms with Crippen molar-refractivity contribution in [1.29, 1.82) is 0 Å². The standard InChI is InChI=1S/C12H20N2O/c1-9(2)11(7-15)5-12-6-13-8-14(12)10(3)4/h5-6,8-10,15H,7H2,1-4H3. The first-order valence-electron chi connectivity index (χ1n) is 5.39. The Morgan fingerprint density at radius 3 is 2.60 bits per heavy atom. The van der Waals surface area contributed by atoms with Gasteiger partial charge in [0.1, 0.15) is 0 Å². The monoisotopic (exact) mass is 208 g/mol. The van der Waals surface area contributed by atoms with Crippen LogP contribution >= 0.6 is 0 Å². The summed E-state index contributed by atoms with van der Waals surface area (Å²) >= 11 is 0. The van der Waals surface area contributed by atoms with Crippen LogP contribution in [0.2, 0.25) is 0 Å². The van der Waals surface area contributed by atoms with Crippen molar-refractivity contribution in [1.82, 2.24) is 9.55 Å². The van der Waals surface area contributed by atoms with Crippen molar-refractivity contribution in [3.05, 3.63) is 23.8 Å². The van der Waals surface area contributed by atoms with Gasteiger partial charge < -0.3 is 9.67 Å². The van der Waals surface area contributed by atoms with E-state index in [4.69, 9.17) is 0 Å². The summed E-state index contributed by atoms with van der Waals surface area (Å²) in [6.45, 7) is 8.51. The van der Waals surface area contributed by atoms with Gasteiger partial charge in [-0.2, -0.15) is 0 Å². The van der Waals surface area contributed by atoms with Crippen molar-refractivity contribution < 1.29 is 5.11 Å². The fourth-order valence-corrected chi connectivity index (χ4v) is 1.44. The van der Waals surface area contributed by atoms with Crippen LogP contribution in [0.25, 0.3) is 6.08 Å². The third kappa shape index (κ3) is 2.93. The molecule has 0 spiro atoms. The molecule has 1 N–H and O–H groups in total. The molecule has 0 saturated heterocycles. The number of hydrogen-bond donors (Lipinski definition) is 1. The molecule has 0 aromatic carbocycles. The van der Waals surface area contributed by atoms with Crippen LogP contribution in [0.15, 0.2) is 18.1 Å². The first-order valence-corrected chi connectivity index (χ1v) is 5.39. The number of hydrogen-bond acceptors (Lipinski definition) is 2. The third-order valence-corrected chi connectivity index (χ3v) is 2.51. The summed E-state index contributed by atoms with van der Waals surface area (Å²) in [5.74, 6) is 0.366. The van der Waals surface area contributed by atoms with Crippen molar-refractivity contribution in [2.24, 2.45) is 5.92 Å². The summed E-state index contributed by atoms with van der Waals surface area (Å²) < 4.78 is 2.10. The molecular formula is C12H20N2O. The van der Waals surface area contributed by atoms with Crippen molar-refractivity contribution in [3.63, 3.8) is 0 Å². The first-order chi connectivity index (χ1) is 7.06. The molecule has 1 aromatic heterocycles. The van der Waals surface area contributed by atoms with Gasteiger partial charge in [-0.15, -0.1) is 0 Å². The van der Waals surface area contributed by atoms with Crippen LogP contribution < -0.4 is 0 Å². The molecule has 1 rings (SSSR count). The molecule has 0 radical (unpaired) electrons. The minimum Gasteiger partial charge on any atom is -0.392 e. The lowest BCUT2D eigenvalue weighted by atomic mass is 10.0. The number of imidazole rings is 1. The Labute approximate surface area is 91.5 Å². The van der Waals surface area contributed by atoms with Gasteiger partial charge in [-0.05, 0) is 31.4 Å². The smallest absolute Gasteiger partial charge is 0.0953 e. The molecule has 0 aliphatic rings. The molecule has 0 aliphatic heterocycles. The Kier molecular flexibility index (Phi) is 4.09. The Morgan fingerprint density at radius 1 is 1.47 bits per heavy atom. The van der Waals surface area contributed by atoms with Crippen LogP contribution in [-0.4, -0.2) is 21.3 Å². The maximum atomic E-state index is 9.23. The van der Waals surface area contributed by atoms with Gasteiger partial charge in [0, 0.05) is 6.04 Å². The number of rotatable bonds is 4. The number of aromatic nitrogens is 2. The van der Waals surface area contributed by atoms with E-state index < -0.39 is 0 Å². The SMILES string of the molecule is CC(C)C(=Cc1cncn1C(C)C)CO. The summed E-state index contributed by atoms with van der Waals surface area (Å²) in [6.07, 6.45) is 5.68. The molecule has 15 heavy (non-hydrogen) atoms. The Balaban J connectivity index is 3.00. The molecule has 1 heterocycles. The van der Waals surface area contributed by atoms with Gasteiger partial charge in [0.2, 0.25) is 0 Å². The summed E-state index contributed by atoms with van der Waals surface area (Å²) in [7, 11) is 0. The van der Waals surface area contributed by atoms with E-state index in [1.165, 1.54) is 0 Å². The normalized spacial score (nSPS) is 12.9. The highest BCUT2D eigenvalue weighted by molar-refractivity contribution is 5.49. The number of aliphatic hydroxyl groups is 1. The summed E-state index contributed by atoms with van der Waals surface area (Å²) in [4.78, 5) is 4.13. The molecular weight excluding hydrogens is 188 g/mol. The summed E-state index contributed by atoms with van der Waals surface area (Å²) in [5, 5.41) is 9.23. The molecule has 0 bridgehead atoms. The Hall–Kier alpha value is -1.09. The van der Waals surface area contributed by atoms with Crippen LogP contribution in [-0.2, 0) is 0 Å². The zero-order valence-electron chi connectivity index (χ0n) is 9.94. The molecule has 0 saturated carbocycles. The highest BCUT2D eigenvalue weighted by Gasteiger charge is 2.06. The van der Waals surface area contributed by atoms with Crippen LogP contribution in [0.1, 0.15) is 39.4 Å². The van der Waals surface area contributed by atoms with E-state index in [1.807, 2.05) is 18.6 Å². The van der Waals surface area contributed by atoms with Gasteiger partial charge >= 0.3 is 0 Å². The zero-order chi connectivity index (χ0) is 11.4. The van der Waals surface area contributed by atoms with E-state index in [0.29, 0.717) is 12.0 Å². The Bertz CT molecular complexity index is 337. The van der Waals surface area contributed by atoms with E-state index in [-0.39, 0.29) is 6.61 Å². The quantitative estimate of drug-likeness (QED) is 0.825. The second-order valence-electron chi connectivity index (χ2n) is 4.35. The minimum atomic E-state index is 0.112. The highest BCUT2D eigenvalue weighted by Crippen LogP contribution is 2.16. The summed E-state index contributed by atoms with van der Waals surface area (Å²) in [6, 6.07) is 0.394. The van der Waals surface area contributed by atoms with E-state index in [1.54, 1.807) is 0 Å². The third-order valence-electron chi connectivity index (χ3n) is 2.51. The van der Waals surface area contributed by atoms with Crippen molar-refractivity contribution in [3.8, 4) is 0 Å². The van der Waals surface area contributed by atoms with Gasteiger partial charge in [0.05, 0.1) is 24.8 Å². The predicted molar refractivity (Wildman–Crippen MR) is 62.5 cm³/mol. The molecule has 0 atom stereocenters. The lowest BCUT2D eigenvalue weighted by molar-refractivity contribution is 0.320. The largest absolute Gasteiger partial charge is 0.392 e. The fourth-order valence-electron chi connectivity index (χ4n) is 1.44. The predicted octanol–water partition coefficient (Wildman–Crippen LogP) is 2.50. The van der Waals surface area contributed by atoms with E-state index >= 15 is 0 Å². The molecule has 0 amide bonds. The lowest BCUT2D eigenvalue weighted by Crippen LogP contribution is -2.04. The fraction of sp³-hybridized carbons (Fsp3) is 0.583. The second kappa shape index (κ2) is 5.12. The second-order valence-corrected chi connectivity index (χ2v) is 4.35. The molecule has 3 heteroatoms. The summed E-state index contributed by atoms with van der Waals surface area (Å²) in [5.41, 5.74) is 2.10. The molecule has 1 aromatic rings. The minimum absolute atomic E-state index is 0.112. The van der Waals surface area contributed by atoms with Gasteiger partial charge in [-0.1, -0.05) is 13.8 Å². The van der Waals surface area contributed by atoms with Crippen LogP contribution in [0.5, 0.6) is 0 Å². The van der Waals surface area contributed by atoms with Crippen molar-refractivity contribution in [2.75, 3.05) is 6.61 Å². The lowest BCUT2D eigenvalue weighted by Gasteiger charge is -2.12. The van der Waals surface area contributed by atoms with Crippen molar-refractivity contribution in [2.45, 2.75) is 33.7 Å². The molecule has 0 fully saturated rings. The average molecular weight is 208 g/mol. The van der Waals surface area contributed by atoms with Crippen LogP contribution in [0, 0.1) is 5.92 Å². The van der Waals surface area contributed by atoms with Gasteiger partial charge in [0.25, 0.3) is 0 Å². The zero-order valence-corrected chi connectivity index (χ0v) is 9.94. The topological polar surface area (TPSA) is 38.0 Å². The molecule has 0 aliphatic carbocycles. The number of nitrogens with zero attached hydrogens (tertiary/aromatic N) is 2. The number of aliphatic hydroxyl groups excluding tert-OH is 1. The van der Waals surface area contributed by atoms with E-state index in [0.717, 1.165) is 11.3 Å². The first kappa shape index (κ1) is 12.0. The highest BCUT2D eigenvalue weighted by atomic mass is 16.3. The average Bonchev–Trinajstić information content (AvgIpc) is 2.61. The molecule has 0 unspecified atom stereocenters. The van der Waals surface area contributed by atoms with Gasteiger partial charge in [-0.3, -0.25) is 0 Å². The Morgan fingerprint density at radius 2 is 2.13 bits per heavy atom. The molecule has 84 valence electrons. The van der Waals surface area contributed by atoms with E-state index in [9.17, 15) is 5.11 Å². The molecule has 3 nitrogen and oxygen atoms in total. The van der Waals surface area contributed by atoms with Crippen LogP contribution in [0.3, 0.4) is 0 Å². The maximum Gasteiger partial charge on any atom is 0.0953 e. The van der Waals surface area contributed by atoms with Crippen LogP contribution in [0.4, 0.5) is 0 Å².